The average molecular weight is 312 g/mol. The number of rotatable bonds is 4. The number of hydrogen-bond donors (Lipinski definition) is 2. The molecule has 3 N–H and O–H groups in total. The first kappa shape index (κ1) is 15.5. The van der Waals surface area contributed by atoms with Gasteiger partial charge in [0.25, 0.3) is 0 Å². The molecule has 0 saturated carbocycles. The maximum absolute atomic E-state index is 13.5. The topological polar surface area (TPSA) is 90.0 Å². The van der Waals surface area contributed by atoms with Crippen LogP contribution < -0.4 is 10.5 Å². The van der Waals surface area contributed by atoms with Crippen molar-refractivity contribution < 1.29 is 12.8 Å². The van der Waals surface area contributed by atoms with Gasteiger partial charge in [0.05, 0.1) is 16.8 Å². The molecular weight excluding hydrogens is 295 g/mol. The second-order valence-corrected chi connectivity index (χ2v) is 6.59. The summed E-state index contributed by atoms with van der Waals surface area (Å²) in [7, 11) is -2.04. The van der Waals surface area contributed by atoms with Crippen molar-refractivity contribution in [3.05, 3.63) is 41.0 Å². The highest BCUT2D eigenvalue weighted by Gasteiger charge is 2.22. The molecule has 1 aromatic heterocycles. The van der Waals surface area contributed by atoms with Crippen molar-refractivity contribution in [1.82, 2.24) is 14.5 Å². The number of sulfonamides is 1. The highest BCUT2D eigenvalue weighted by Crippen LogP contribution is 2.27. The van der Waals surface area contributed by atoms with Gasteiger partial charge < -0.3 is 5.73 Å². The van der Waals surface area contributed by atoms with Gasteiger partial charge in [0, 0.05) is 25.4 Å². The van der Waals surface area contributed by atoms with E-state index >= 15 is 0 Å². The molecule has 0 aliphatic rings. The molecule has 0 saturated heterocycles. The lowest BCUT2D eigenvalue weighted by Crippen LogP contribution is -2.25. The number of nitrogens with zero attached hydrogens (tertiary/aromatic N) is 2. The number of anilines is 1. The standard InChI is InChI=1S/C13H17FN4O2S/c1-8-4-11(14)12(15)9(2)13(8)21(19,20)17-6-10-5-16-18(3)7-10/h4-5,7,17H,6,15H2,1-3H3. The Hall–Kier alpha value is -1.93. The van der Waals surface area contributed by atoms with Crippen LogP contribution in [0.1, 0.15) is 16.7 Å². The molecule has 0 fully saturated rings. The smallest absolute Gasteiger partial charge is 0.241 e. The van der Waals surface area contributed by atoms with Crippen LogP contribution in [0.25, 0.3) is 0 Å². The lowest BCUT2D eigenvalue weighted by atomic mass is 10.1. The van der Waals surface area contributed by atoms with E-state index in [0.717, 1.165) is 11.6 Å². The Morgan fingerprint density at radius 2 is 2.10 bits per heavy atom. The van der Waals surface area contributed by atoms with Gasteiger partial charge in [-0.1, -0.05) is 0 Å². The Balaban J connectivity index is 2.34. The normalized spacial score (nSPS) is 11.8. The predicted octanol–water partition coefficient (Wildman–Crippen LogP) is 1.24. The van der Waals surface area contributed by atoms with Crippen LogP contribution in [0, 0.1) is 19.7 Å². The zero-order valence-electron chi connectivity index (χ0n) is 12.0. The lowest BCUT2D eigenvalue weighted by Gasteiger charge is -2.14. The molecule has 1 aromatic carbocycles. The molecule has 6 nitrogen and oxygen atoms in total. The minimum Gasteiger partial charge on any atom is -0.396 e. The molecular formula is C13H17FN4O2S. The van der Waals surface area contributed by atoms with Crippen LogP contribution >= 0.6 is 0 Å². The number of nitrogens with two attached hydrogens (primary N) is 1. The number of benzene rings is 1. The molecule has 1 heterocycles. The van der Waals surface area contributed by atoms with E-state index in [2.05, 4.69) is 9.82 Å². The molecule has 2 rings (SSSR count). The summed E-state index contributed by atoms with van der Waals surface area (Å²) in [5.41, 5.74) is 6.69. The van der Waals surface area contributed by atoms with Crippen molar-refractivity contribution in [3.63, 3.8) is 0 Å². The summed E-state index contributed by atoms with van der Waals surface area (Å²) in [6, 6.07) is 1.13. The highest BCUT2D eigenvalue weighted by atomic mass is 32.2. The second kappa shape index (κ2) is 5.45. The van der Waals surface area contributed by atoms with Gasteiger partial charge >= 0.3 is 0 Å². The van der Waals surface area contributed by atoms with Crippen LogP contribution in [-0.4, -0.2) is 18.2 Å². The van der Waals surface area contributed by atoms with Gasteiger partial charge in [-0.3, -0.25) is 4.68 Å². The molecule has 0 unspecified atom stereocenters. The van der Waals surface area contributed by atoms with Gasteiger partial charge in [-0.25, -0.2) is 17.5 Å². The average Bonchev–Trinajstić information content (AvgIpc) is 2.79. The Morgan fingerprint density at radius 1 is 1.43 bits per heavy atom. The summed E-state index contributed by atoms with van der Waals surface area (Å²) < 4.78 is 42.4. The fourth-order valence-corrected chi connectivity index (χ4v) is 3.65. The van der Waals surface area contributed by atoms with Crippen molar-refractivity contribution in [2.75, 3.05) is 5.73 Å². The second-order valence-electron chi connectivity index (χ2n) is 4.89. The van der Waals surface area contributed by atoms with Crippen LogP contribution in [0.4, 0.5) is 10.1 Å². The van der Waals surface area contributed by atoms with Crippen LogP contribution in [0.2, 0.25) is 0 Å². The third-order valence-electron chi connectivity index (χ3n) is 3.20. The molecule has 0 amide bonds. The molecule has 8 heteroatoms. The number of hydrogen-bond acceptors (Lipinski definition) is 4. The molecule has 21 heavy (non-hydrogen) atoms. The van der Waals surface area contributed by atoms with Crippen LogP contribution in [0.3, 0.4) is 0 Å². The predicted molar refractivity (Wildman–Crippen MR) is 77.5 cm³/mol. The van der Waals surface area contributed by atoms with Crippen LogP contribution in [0.5, 0.6) is 0 Å². The van der Waals surface area contributed by atoms with E-state index in [0.29, 0.717) is 5.56 Å². The number of aromatic nitrogens is 2. The zero-order valence-corrected chi connectivity index (χ0v) is 12.8. The third-order valence-corrected chi connectivity index (χ3v) is 4.89. The monoisotopic (exact) mass is 312 g/mol. The maximum atomic E-state index is 13.5. The zero-order chi connectivity index (χ0) is 15.8. The summed E-state index contributed by atoms with van der Waals surface area (Å²) in [6.45, 7) is 3.13. The first-order valence-corrected chi connectivity index (χ1v) is 7.73. The molecule has 2 aromatic rings. The van der Waals surface area contributed by atoms with E-state index in [-0.39, 0.29) is 22.7 Å². The lowest BCUT2D eigenvalue weighted by molar-refractivity contribution is 0.578. The van der Waals surface area contributed by atoms with Gasteiger partial charge in [0.2, 0.25) is 10.0 Å². The largest absolute Gasteiger partial charge is 0.396 e. The van der Waals surface area contributed by atoms with Crippen molar-refractivity contribution in [3.8, 4) is 0 Å². The van der Waals surface area contributed by atoms with Crippen LogP contribution in [-0.2, 0) is 23.6 Å². The van der Waals surface area contributed by atoms with E-state index in [1.165, 1.54) is 13.8 Å². The number of halogens is 1. The van der Waals surface area contributed by atoms with Crippen molar-refractivity contribution >= 4 is 15.7 Å². The third kappa shape index (κ3) is 3.06. The van der Waals surface area contributed by atoms with Gasteiger partial charge in [-0.2, -0.15) is 5.10 Å². The summed E-state index contributed by atoms with van der Waals surface area (Å²) in [6.07, 6.45) is 3.28. The fourth-order valence-electron chi connectivity index (χ4n) is 2.16. The van der Waals surface area contributed by atoms with Crippen molar-refractivity contribution in [1.29, 1.82) is 0 Å². The summed E-state index contributed by atoms with van der Waals surface area (Å²) in [5.74, 6) is -0.615. The minimum absolute atomic E-state index is 0.0188. The van der Waals surface area contributed by atoms with E-state index in [4.69, 9.17) is 5.73 Å². The maximum Gasteiger partial charge on any atom is 0.241 e. The van der Waals surface area contributed by atoms with E-state index in [1.54, 1.807) is 24.1 Å². The molecule has 0 aliphatic carbocycles. The van der Waals surface area contributed by atoms with Crippen molar-refractivity contribution in [2.24, 2.45) is 7.05 Å². The molecule has 0 radical (unpaired) electrons. The first-order valence-electron chi connectivity index (χ1n) is 6.24. The summed E-state index contributed by atoms with van der Waals surface area (Å²) in [5, 5.41) is 3.96. The van der Waals surface area contributed by atoms with E-state index < -0.39 is 15.8 Å². The highest BCUT2D eigenvalue weighted by molar-refractivity contribution is 7.89. The first-order chi connectivity index (χ1) is 9.72. The molecule has 0 aliphatic heterocycles. The number of nitrogens with one attached hydrogen (secondary N) is 1. The van der Waals surface area contributed by atoms with Crippen molar-refractivity contribution in [2.45, 2.75) is 25.3 Å². The SMILES string of the molecule is Cc1cc(F)c(N)c(C)c1S(=O)(=O)NCc1cnn(C)c1. The number of aryl methyl sites for hydroxylation is 2. The van der Waals surface area contributed by atoms with Gasteiger partial charge in [0.1, 0.15) is 5.82 Å². The molecule has 0 atom stereocenters. The Bertz CT molecular complexity index is 784. The summed E-state index contributed by atoms with van der Waals surface area (Å²) >= 11 is 0. The Labute approximate surface area is 122 Å². The summed E-state index contributed by atoms with van der Waals surface area (Å²) in [4.78, 5) is 0.0188. The van der Waals surface area contributed by atoms with E-state index in [9.17, 15) is 12.8 Å². The fraction of sp³-hybridized carbons (Fsp3) is 0.308. The molecule has 114 valence electrons. The molecule has 0 spiro atoms. The quantitative estimate of drug-likeness (QED) is 0.831. The number of nitrogen functional groups attached to an aromatic ring is 1. The Kier molecular flexibility index (Phi) is 4.02. The minimum atomic E-state index is -3.78. The van der Waals surface area contributed by atoms with Gasteiger partial charge in [0.15, 0.2) is 0 Å². The van der Waals surface area contributed by atoms with E-state index in [1.807, 2.05) is 0 Å². The van der Waals surface area contributed by atoms with Crippen LogP contribution in [0.15, 0.2) is 23.4 Å². The van der Waals surface area contributed by atoms with Gasteiger partial charge in [-0.05, 0) is 31.0 Å². The Morgan fingerprint density at radius 3 is 2.67 bits per heavy atom. The van der Waals surface area contributed by atoms with Gasteiger partial charge in [-0.15, -0.1) is 0 Å². The molecule has 0 bridgehead atoms.